The Hall–Kier alpha value is -1.29. The summed E-state index contributed by atoms with van der Waals surface area (Å²) in [4.78, 5) is 4.67. The molecule has 0 fully saturated rings. The topological polar surface area (TPSA) is 54.2 Å². The third-order valence-corrected chi connectivity index (χ3v) is 4.91. The second kappa shape index (κ2) is 11.5. The first-order valence-corrected chi connectivity index (χ1v) is 10.1. The molecule has 0 saturated carbocycles. The Morgan fingerprint density at radius 1 is 1.26 bits per heavy atom. The molecule has 0 unspecified atom stereocenters. The number of thioether (sulfide) groups is 1. The van der Waals surface area contributed by atoms with Gasteiger partial charge in [-0.1, -0.05) is 6.07 Å². The molecule has 0 radical (unpaired) electrons. The lowest BCUT2D eigenvalue weighted by molar-refractivity contribution is 0.625. The highest BCUT2D eigenvalue weighted by atomic mass is 127. The number of aromatic nitrogens is 2. The molecule has 0 amide bonds. The summed E-state index contributed by atoms with van der Waals surface area (Å²) in [7, 11) is 1.95. The molecule has 1 aromatic heterocycles. The van der Waals surface area contributed by atoms with Crippen molar-refractivity contribution >= 4 is 41.7 Å². The molecular weight excluding hydrogens is 476 g/mol. The van der Waals surface area contributed by atoms with Gasteiger partial charge >= 0.3 is 0 Å². The van der Waals surface area contributed by atoms with Gasteiger partial charge in [0.15, 0.2) is 5.96 Å². The minimum Gasteiger partial charge on any atom is -0.357 e. The van der Waals surface area contributed by atoms with Crippen molar-refractivity contribution in [3.8, 4) is 0 Å². The molecule has 2 aromatic rings. The lowest BCUT2D eigenvalue weighted by atomic mass is 10.1. The minimum atomic E-state index is -0.200. The van der Waals surface area contributed by atoms with Crippen LogP contribution in [0.1, 0.15) is 35.0 Å². The third-order valence-electron chi connectivity index (χ3n) is 4.31. The summed E-state index contributed by atoms with van der Waals surface area (Å²) in [5.41, 5.74) is 5.39. The quantitative estimate of drug-likeness (QED) is 0.341. The van der Waals surface area contributed by atoms with Crippen LogP contribution in [-0.2, 0) is 25.9 Å². The number of aliphatic imine (C=N–C) groups is 1. The zero-order chi connectivity index (χ0) is 19.1. The largest absolute Gasteiger partial charge is 0.357 e. The zero-order valence-corrected chi connectivity index (χ0v) is 19.7. The molecule has 1 heterocycles. The third kappa shape index (κ3) is 6.67. The van der Waals surface area contributed by atoms with E-state index in [0.29, 0.717) is 13.1 Å². The number of hydrogen-bond donors (Lipinski definition) is 2. The van der Waals surface area contributed by atoms with Gasteiger partial charge in [0.2, 0.25) is 0 Å². The Morgan fingerprint density at radius 3 is 2.59 bits per heavy atom. The van der Waals surface area contributed by atoms with Crippen molar-refractivity contribution < 1.29 is 4.39 Å². The number of halogens is 2. The lowest BCUT2D eigenvalue weighted by Gasteiger charge is -2.13. The van der Waals surface area contributed by atoms with Crippen LogP contribution in [0, 0.1) is 19.7 Å². The van der Waals surface area contributed by atoms with E-state index in [1.165, 1.54) is 11.6 Å². The van der Waals surface area contributed by atoms with E-state index in [4.69, 9.17) is 0 Å². The Balaban J connectivity index is 0.00000364. The fraction of sp³-hybridized carbons (Fsp3) is 0.474. The molecule has 5 nitrogen and oxygen atoms in total. The first-order valence-electron chi connectivity index (χ1n) is 8.73. The average Bonchev–Trinajstić information content (AvgIpc) is 2.84. The van der Waals surface area contributed by atoms with E-state index in [1.807, 2.05) is 37.9 Å². The number of aryl methyl sites for hydroxylation is 2. The Kier molecular flexibility index (Phi) is 10.1. The summed E-state index contributed by atoms with van der Waals surface area (Å²) in [5.74, 6) is 1.32. The fourth-order valence-electron chi connectivity index (χ4n) is 2.79. The molecule has 27 heavy (non-hydrogen) atoms. The van der Waals surface area contributed by atoms with Gasteiger partial charge in [0.1, 0.15) is 5.82 Å². The van der Waals surface area contributed by atoms with E-state index >= 15 is 0 Å². The highest BCUT2D eigenvalue weighted by molar-refractivity contribution is 14.0. The summed E-state index contributed by atoms with van der Waals surface area (Å²) in [6.45, 7) is 8.07. The van der Waals surface area contributed by atoms with Gasteiger partial charge in [0, 0.05) is 37.1 Å². The molecule has 0 saturated heterocycles. The SMILES string of the molecule is CCNC(=NCc1ccc(F)cc1CSC)NCc1c(C)nn(C)c1C.I. The van der Waals surface area contributed by atoms with E-state index < -0.39 is 0 Å². The Morgan fingerprint density at radius 2 is 2.00 bits per heavy atom. The van der Waals surface area contributed by atoms with Crippen LogP contribution in [0.2, 0.25) is 0 Å². The predicted octanol–water partition coefficient (Wildman–Crippen LogP) is 3.91. The highest BCUT2D eigenvalue weighted by Crippen LogP contribution is 2.17. The first kappa shape index (κ1) is 23.7. The standard InChI is InChI=1S/C19H28FN5S.HI/c1-6-21-19(23-11-18-13(2)24-25(4)14(18)3)22-10-15-7-8-17(20)9-16(15)12-26-5;/h7-9H,6,10-12H2,1-5H3,(H2,21,22,23);1H. The van der Waals surface area contributed by atoms with E-state index in [1.54, 1.807) is 17.8 Å². The van der Waals surface area contributed by atoms with Crippen LogP contribution in [0.25, 0.3) is 0 Å². The second-order valence-electron chi connectivity index (χ2n) is 6.17. The smallest absolute Gasteiger partial charge is 0.191 e. The summed E-state index contributed by atoms with van der Waals surface area (Å²) in [5, 5.41) is 11.1. The van der Waals surface area contributed by atoms with Crippen LogP contribution >= 0.6 is 35.7 Å². The molecule has 0 aliphatic carbocycles. The summed E-state index contributed by atoms with van der Waals surface area (Å²) < 4.78 is 15.4. The number of nitrogens with one attached hydrogen (secondary N) is 2. The van der Waals surface area contributed by atoms with Crippen molar-refractivity contribution in [1.82, 2.24) is 20.4 Å². The van der Waals surface area contributed by atoms with Gasteiger partial charge in [0.25, 0.3) is 0 Å². The molecule has 0 atom stereocenters. The number of benzene rings is 1. The van der Waals surface area contributed by atoms with Crippen LogP contribution in [0.4, 0.5) is 4.39 Å². The number of guanidine groups is 1. The van der Waals surface area contributed by atoms with Crippen molar-refractivity contribution in [2.75, 3.05) is 12.8 Å². The van der Waals surface area contributed by atoms with Crippen molar-refractivity contribution in [2.45, 2.75) is 39.6 Å². The molecule has 0 bridgehead atoms. The van der Waals surface area contributed by atoms with Crippen molar-refractivity contribution in [2.24, 2.45) is 12.0 Å². The normalized spacial score (nSPS) is 11.3. The first-order chi connectivity index (χ1) is 12.5. The Bertz CT molecular complexity index is 776. The summed E-state index contributed by atoms with van der Waals surface area (Å²) >= 11 is 1.68. The van der Waals surface area contributed by atoms with E-state index in [2.05, 4.69) is 27.6 Å². The maximum Gasteiger partial charge on any atom is 0.191 e. The molecule has 0 aliphatic heterocycles. The van der Waals surface area contributed by atoms with Crippen LogP contribution in [-0.4, -0.2) is 28.5 Å². The molecular formula is C19H29FIN5S. The predicted molar refractivity (Wildman–Crippen MR) is 123 cm³/mol. The van der Waals surface area contributed by atoms with Gasteiger partial charge in [-0.3, -0.25) is 4.68 Å². The number of hydrogen-bond acceptors (Lipinski definition) is 3. The molecule has 8 heteroatoms. The van der Waals surface area contributed by atoms with Crippen LogP contribution in [0.3, 0.4) is 0 Å². The molecule has 1 aromatic carbocycles. The molecule has 0 spiro atoms. The Labute approximate surface area is 182 Å². The average molecular weight is 505 g/mol. The summed E-state index contributed by atoms with van der Waals surface area (Å²) in [6.07, 6.45) is 2.02. The van der Waals surface area contributed by atoms with E-state index in [0.717, 1.165) is 40.8 Å². The molecule has 150 valence electrons. The maximum atomic E-state index is 13.5. The summed E-state index contributed by atoms with van der Waals surface area (Å²) in [6, 6.07) is 4.92. The van der Waals surface area contributed by atoms with Gasteiger partial charge in [-0.15, -0.1) is 24.0 Å². The fourth-order valence-corrected chi connectivity index (χ4v) is 3.37. The molecule has 0 aliphatic rings. The van der Waals surface area contributed by atoms with Gasteiger partial charge < -0.3 is 10.6 Å². The van der Waals surface area contributed by atoms with Gasteiger partial charge in [-0.25, -0.2) is 9.38 Å². The van der Waals surface area contributed by atoms with Crippen LogP contribution < -0.4 is 10.6 Å². The minimum absolute atomic E-state index is 0. The van der Waals surface area contributed by atoms with E-state index in [-0.39, 0.29) is 29.8 Å². The van der Waals surface area contributed by atoms with Gasteiger partial charge in [-0.2, -0.15) is 16.9 Å². The number of rotatable bonds is 7. The molecule has 2 rings (SSSR count). The van der Waals surface area contributed by atoms with Crippen LogP contribution in [0.5, 0.6) is 0 Å². The highest BCUT2D eigenvalue weighted by Gasteiger charge is 2.10. The maximum absolute atomic E-state index is 13.5. The molecule has 2 N–H and O–H groups in total. The second-order valence-corrected chi connectivity index (χ2v) is 7.03. The van der Waals surface area contributed by atoms with E-state index in [9.17, 15) is 4.39 Å². The van der Waals surface area contributed by atoms with Crippen molar-refractivity contribution in [3.05, 3.63) is 52.1 Å². The van der Waals surface area contributed by atoms with Crippen LogP contribution in [0.15, 0.2) is 23.2 Å². The monoisotopic (exact) mass is 505 g/mol. The van der Waals surface area contributed by atoms with Crippen molar-refractivity contribution in [3.63, 3.8) is 0 Å². The number of nitrogens with zero attached hydrogens (tertiary/aromatic N) is 3. The van der Waals surface area contributed by atoms with Gasteiger partial charge in [0.05, 0.1) is 12.2 Å². The zero-order valence-electron chi connectivity index (χ0n) is 16.6. The lowest BCUT2D eigenvalue weighted by Crippen LogP contribution is -2.37. The van der Waals surface area contributed by atoms with Gasteiger partial charge in [-0.05, 0) is 50.3 Å². The van der Waals surface area contributed by atoms with Crippen molar-refractivity contribution in [1.29, 1.82) is 0 Å².